The van der Waals surface area contributed by atoms with E-state index in [1.54, 1.807) is 6.92 Å². The van der Waals surface area contributed by atoms with E-state index in [4.69, 9.17) is 10.2 Å². The van der Waals surface area contributed by atoms with Crippen LogP contribution in [0.1, 0.15) is 5.69 Å². The van der Waals surface area contributed by atoms with Gasteiger partial charge in [0.1, 0.15) is 12.1 Å². The quantitative estimate of drug-likeness (QED) is 0.824. The molecule has 0 aliphatic carbocycles. The molecule has 0 atom stereocenters. The van der Waals surface area contributed by atoms with Gasteiger partial charge in [-0.05, 0) is 25.1 Å². The zero-order valence-electron chi connectivity index (χ0n) is 9.34. The lowest BCUT2D eigenvalue weighted by Gasteiger charge is -2.05. The molecule has 1 aromatic carbocycles. The number of nitrogens with one attached hydrogen (secondary N) is 1. The third-order valence-corrected chi connectivity index (χ3v) is 3.44. The second kappa shape index (κ2) is 4.30. The topological polar surface area (TPSA) is 98.2 Å². The number of hydrogen-bond acceptors (Lipinski definition) is 5. The Morgan fingerprint density at radius 3 is 2.72 bits per heavy atom. The summed E-state index contributed by atoms with van der Waals surface area (Å²) in [6.45, 7) is 1.64. The molecule has 0 fully saturated rings. The van der Waals surface area contributed by atoms with Crippen LogP contribution < -0.4 is 10.5 Å². The minimum absolute atomic E-state index is 0.124. The normalized spacial score (nSPS) is 11.4. The van der Waals surface area contributed by atoms with Crippen LogP contribution in [0.2, 0.25) is 0 Å². The Balaban J connectivity index is 2.33. The highest BCUT2D eigenvalue weighted by Crippen LogP contribution is 2.19. The highest BCUT2D eigenvalue weighted by Gasteiger charge is 2.18. The van der Waals surface area contributed by atoms with Crippen LogP contribution in [0.25, 0.3) is 0 Å². The number of nitrogens with two attached hydrogens (primary N) is 1. The number of aryl methyl sites for hydroxylation is 1. The summed E-state index contributed by atoms with van der Waals surface area (Å²) in [5.74, 6) is -0.804. The first-order chi connectivity index (χ1) is 8.38. The molecule has 0 spiro atoms. The van der Waals surface area contributed by atoms with Crippen molar-refractivity contribution in [2.75, 3.05) is 10.5 Å². The largest absolute Gasteiger partial charge is 0.431 e. The van der Waals surface area contributed by atoms with Crippen LogP contribution in [0, 0.1) is 12.7 Å². The summed E-state index contributed by atoms with van der Waals surface area (Å²) < 4.78 is 43.9. The molecule has 0 unspecified atom stereocenters. The van der Waals surface area contributed by atoms with Gasteiger partial charge in [-0.3, -0.25) is 0 Å². The third-order valence-electron chi connectivity index (χ3n) is 2.12. The second-order valence-electron chi connectivity index (χ2n) is 3.58. The Kier molecular flexibility index (Phi) is 2.95. The molecule has 0 aliphatic rings. The molecule has 0 bridgehead atoms. The average Bonchev–Trinajstić information content (AvgIpc) is 2.67. The highest BCUT2D eigenvalue weighted by molar-refractivity contribution is 7.92. The molecular weight excluding hydrogens is 261 g/mol. The molecule has 2 rings (SSSR count). The standard InChI is InChI=1S/C10H10FN3O3S/c1-6-5-17-10(13-6)14-18(15,16)7-2-3-9(12)8(11)4-7/h2-5H,12H2,1H3,(H,13,14). The lowest BCUT2D eigenvalue weighted by Crippen LogP contribution is -2.13. The van der Waals surface area contributed by atoms with Gasteiger partial charge in [-0.25, -0.2) is 17.5 Å². The van der Waals surface area contributed by atoms with Gasteiger partial charge in [-0.2, -0.15) is 4.98 Å². The molecule has 0 amide bonds. The van der Waals surface area contributed by atoms with Gasteiger partial charge in [-0.15, -0.1) is 0 Å². The lowest BCUT2D eigenvalue weighted by molar-refractivity contribution is 0.568. The molecule has 0 aliphatic heterocycles. The molecule has 1 heterocycles. The van der Waals surface area contributed by atoms with Gasteiger partial charge in [-0.1, -0.05) is 0 Å². The number of oxazole rings is 1. The number of rotatable bonds is 3. The van der Waals surface area contributed by atoms with Gasteiger partial charge in [0.25, 0.3) is 10.0 Å². The summed E-state index contributed by atoms with van der Waals surface area (Å²) in [5.41, 5.74) is 5.67. The van der Waals surface area contributed by atoms with Crippen LogP contribution in [-0.2, 0) is 10.0 Å². The van der Waals surface area contributed by atoms with Crippen molar-refractivity contribution in [2.45, 2.75) is 11.8 Å². The van der Waals surface area contributed by atoms with E-state index >= 15 is 0 Å². The highest BCUT2D eigenvalue weighted by atomic mass is 32.2. The van der Waals surface area contributed by atoms with Gasteiger partial charge in [0.05, 0.1) is 16.3 Å². The number of halogens is 1. The number of benzene rings is 1. The zero-order chi connectivity index (χ0) is 13.3. The van der Waals surface area contributed by atoms with Crippen LogP contribution >= 0.6 is 0 Å². The van der Waals surface area contributed by atoms with Crippen molar-refractivity contribution in [1.29, 1.82) is 0 Å². The van der Waals surface area contributed by atoms with Crippen molar-refractivity contribution in [3.63, 3.8) is 0 Å². The van der Waals surface area contributed by atoms with E-state index in [0.29, 0.717) is 5.69 Å². The maximum atomic E-state index is 13.2. The molecule has 1 aromatic heterocycles. The number of sulfonamides is 1. The van der Waals surface area contributed by atoms with E-state index in [0.717, 1.165) is 6.07 Å². The fourth-order valence-corrected chi connectivity index (χ4v) is 2.20. The van der Waals surface area contributed by atoms with E-state index < -0.39 is 15.8 Å². The smallest absolute Gasteiger partial charge is 0.309 e. The van der Waals surface area contributed by atoms with Crippen LogP contribution in [0.15, 0.2) is 33.8 Å². The Morgan fingerprint density at radius 2 is 2.17 bits per heavy atom. The summed E-state index contributed by atoms with van der Waals surface area (Å²) in [6.07, 6.45) is 1.29. The molecule has 2 aromatic rings. The first-order valence-electron chi connectivity index (χ1n) is 4.88. The first kappa shape index (κ1) is 12.4. The predicted octanol–water partition coefficient (Wildman–Crippen LogP) is 1.51. The van der Waals surface area contributed by atoms with E-state index in [1.807, 2.05) is 0 Å². The van der Waals surface area contributed by atoms with Gasteiger partial charge in [0.2, 0.25) is 0 Å². The average molecular weight is 271 g/mol. The van der Waals surface area contributed by atoms with E-state index in [1.165, 1.54) is 18.4 Å². The minimum atomic E-state index is -3.94. The van der Waals surface area contributed by atoms with Gasteiger partial charge in [0, 0.05) is 0 Å². The zero-order valence-corrected chi connectivity index (χ0v) is 10.2. The molecule has 6 nitrogen and oxygen atoms in total. The van der Waals surface area contributed by atoms with Crippen LogP contribution in [0.3, 0.4) is 0 Å². The van der Waals surface area contributed by atoms with E-state index in [2.05, 4.69) is 9.71 Å². The maximum absolute atomic E-state index is 13.2. The Hall–Kier alpha value is -2.09. The van der Waals surface area contributed by atoms with Crippen LogP contribution in [0.4, 0.5) is 16.1 Å². The number of anilines is 2. The summed E-state index contributed by atoms with van der Waals surface area (Å²) in [5, 5.41) is 0. The minimum Gasteiger partial charge on any atom is -0.431 e. The van der Waals surface area contributed by atoms with Crippen LogP contribution in [0.5, 0.6) is 0 Å². The van der Waals surface area contributed by atoms with Crippen molar-refractivity contribution in [2.24, 2.45) is 0 Å². The van der Waals surface area contributed by atoms with Crippen molar-refractivity contribution >= 4 is 21.7 Å². The van der Waals surface area contributed by atoms with Crippen molar-refractivity contribution in [3.05, 3.63) is 36.0 Å². The summed E-state index contributed by atoms with van der Waals surface area (Å²) in [4.78, 5) is 3.53. The predicted molar refractivity (Wildman–Crippen MR) is 62.9 cm³/mol. The molecule has 8 heteroatoms. The lowest BCUT2D eigenvalue weighted by atomic mass is 10.3. The van der Waals surface area contributed by atoms with E-state index in [-0.39, 0.29) is 16.6 Å². The maximum Gasteiger partial charge on any atom is 0.309 e. The van der Waals surface area contributed by atoms with Crippen molar-refractivity contribution in [3.8, 4) is 0 Å². The van der Waals surface area contributed by atoms with Gasteiger partial charge in [0.15, 0.2) is 0 Å². The number of hydrogen-bond donors (Lipinski definition) is 2. The molecule has 0 radical (unpaired) electrons. The Labute approximate surface area is 103 Å². The fourth-order valence-electron chi connectivity index (χ4n) is 1.25. The number of aromatic nitrogens is 1. The van der Waals surface area contributed by atoms with Crippen molar-refractivity contribution in [1.82, 2.24) is 4.98 Å². The molecule has 0 saturated carbocycles. The summed E-state index contributed by atoms with van der Waals surface area (Å²) in [6, 6.07) is 3.01. The van der Waals surface area contributed by atoms with Crippen molar-refractivity contribution < 1.29 is 17.2 Å². The summed E-state index contributed by atoms with van der Waals surface area (Å²) in [7, 11) is -3.94. The van der Waals surface area contributed by atoms with E-state index in [9.17, 15) is 12.8 Å². The monoisotopic (exact) mass is 271 g/mol. The molecule has 3 N–H and O–H groups in total. The van der Waals surface area contributed by atoms with Crippen LogP contribution in [-0.4, -0.2) is 13.4 Å². The molecule has 96 valence electrons. The summed E-state index contributed by atoms with van der Waals surface area (Å²) >= 11 is 0. The SMILES string of the molecule is Cc1coc(NS(=O)(=O)c2ccc(N)c(F)c2)n1. The molecule has 0 saturated heterocycles. The van der Waals surface area contributed by atoms with Gasteiger partial charge < -0.3 is 10.2 Å². The Bertz CT molecular complexity index is 681. The third kappa shape index (κ3) is 2.43. The Morgan fingerprint density at radius 1 is 1.44 bits per heavy atom. The molecule has 18 heavy (non-hydrogen) atoms. The second-order valence-corrected chi connectivity index (χ2v) is 5.27. The number of nitrogens with zero attached hydrogens (tertiary/aromatic N) is 1. The first-order valence-corrected chi connectivity index (χ1v) is 6.37. The number of nitrogen functional groups attached to an aromatic ring is 1. The fraction of sp³-hybridized carbons (Fsp3) is 0.100. The van der Waals surface area contributed by atoms with Gasteiger partial charge >= 0.3 is 6.01 Å². The molecular formula is C10H10FN3O3S.